The summed E-state index contributed by atoms with van der Waals surface area (Å²) >= 11 is 1.42. The molecule has 0 spiro atoms. The number of ether oxygens (including phenoxy) is 1. The summed E-state index contributed by atoms with van der Waals surface area (Å²) in [6, 6.07) is 8.08. The number of methoxy groups -OCH3 is 1. The highest BCUT2D eigenvalue weighted by atomic mass is 35.5. The van der Waals surface area contributed by atoms with Gasteiger partial charge in [0, 0.05) is 43.3 Å². The predicted molar refractivity (Wildman–Crippen MR) is 110 cm³/mol. The van der Waals surface area contributed by atoms with Crippen LogP contribution in [0.25, 0.3) is 0 Å². The van der Waals surface area contributed by atoms with Gasteiger partial charge >= 0.3 is 0 Å². The van der Waals surface area contributed by atoms with Gasteiger partial charge in [0.15, 0.2) is 0 Å². The number of nitrogens with zero attached hydrogens (tertiary/aromatic N) is 2. The van der Waals surface area contributed by atoms with Crippen molar-refractivity contribution in [3.8, 4) is 5.75 Å². The monoisotopic (exact) mass is 418 g/mol. The molecule has 1 atom stereocenters. The molecule has 1 aliphatic rings. The number of benzene rings is 1. The maximum atomic E-state index is 12.1. The lowest BCUT2D eigenvalue weighted by molar-refractivity contribution is 0.0944. The highest BCUT2D eigenvalue weighted by molar-refractivity contribution is 7.09. The quantitative estimate of drug-likeness (QED) is 0.753. The first-order valence-electron chi connectivity index (χ1n) is 8.01. The molecule has 0 bridgehead atoms. The zero-order chi connectivity index (χ0) is 16.9. The van der Waals surface area contributed by atoms with Gasteiger partial charge in [0.25, 0.3) is 5.91 Å². The van der Waals surface area contributed by atoms with Crippen molar-refractivity contribution >= 4 is 47.7 Å². The molecule has 26 heavy (non-hydrogen) atoms. The smallest absolute Gasteiger partial charge is 0.270 e. The molecule has 2 aromatic rings. The number of nitrogens with two attached hydrogens (primary N) is 1. The van der Waals surface area contributed by atoms with Crippen LogP contribution in [0.5, 0.6) is 5.75 Å². The van der Waals surface area contributed by atoms with E-state index in [1.807, 2.05) is 18.2 Å². The Morgan fingerprint density at radius 2 is 2.27 bits per heavy atom. The van der Waals surface area contributed by atoms with Crippen LogP contribution in [0.4, 0.5) is 5.69 Å². The zero-order valence-electron chi connectivity index (χ0n) is 14.5. The van der Waals surface area contributed by atoms with Gasteiger partial charge in [0.2, 0.25) is 0 Å². The number of anilines is 1. The minimum atomic E-state index is -0.120. The number of thiazole rings is 1. The van der Waals surface area contributed by atoms with E-state index in [2.05, 4.69) is 21.3 Å². The Hall–Kier alpha value is -1.54. The van der Waals surface area contributed by atoms with E-state index in [-0.39, 0.29) is 30.7 Å². The van der Waals surface area contributed by atoms with Crippen LogP contribution < -0.4 is 20.7 Å². The lowest BCUT2D eigenvalue weighted by Gasteiger charge is -2.19. The molecule has 0 saturated carbocycles. The molecule has 1 aromatic carbocycles. The summed E-state index contributed by atoms with van der Waals surface area (Å²) in [5.74, 6) is 1.18. The Morgan fingerprint density at radius 1 is 1.46 bits per heavy atom. The summed E-state index contributed by atoms with van der Waals surface area (Å²) < 4.78 is 5.28. The molecule has 1 aliphatic heterocycles. The van der Waals surface area contributed by atoms with E-state index in [4.69, 9.17) is 10.5 Å². The van der Waals surface area contributed by atoms with E-state index in [0.29, 0.717) is 24.7 Å². The lowest BCUT2D eigenvalue weighted by atomic mass is 10.1. The number of rotatable bonds is 6. The van der Waals surface area contributed by atoms with Gasteiger partial charge in [-0.1, -0.05) is 6.07 Å². The molecule has 1 fully saturated rings. The minimum Gasteiger partial charge on any atom is -0.497 e. The topological polar surface area (TPSA) is 80.5 Å². The van der Waals surface area contributed by atoms with Crippen molar-refractivity contribution in [3.63, 3.8) is 0 Å². The summed E-state index contributed by atoms with van der Waals surface area (Å²) in [6.07, 6.45) is 1.06. The van der Waals surface area contributed by atoms with Gasteiger partial charge in [0.1, 0.15) is 16.5 Å². The van der Waals surface area contributed by atoms with E-state index < -0.39 is 0 Å². The fraction of sp³-hybridized carbons (Fsp3) is 0.412. The molecule has 1 aromatic heterocycles. The van der Waals surface area contributed by atoms with Crippen LogP contribution in [0.15, 0.2) is 29.6 Å². The Kier molecular flexibility index (Phi) is 9.15. The van der Waals surface area contributed by atoms with E-state index in [0.717, 1.165) is 36.0 Å². The molecule has 3 N–H and O–H groups in total. The van der Waals surface area contributed by atoms with Crippen molar-refractivity contribution in [1.82, 2.24) is 10.3 Å². The van der Waals surface area contributed by atoms with Crippen molar-refractivity contribution in [2.75, 3.05) is 31.6 Å². The van der Waals surface area contributed by atoms with E-state index in [9.17, 15) is 4.79 Å². The first-order valence-corrected chi connectivity index (χ1v) is 8.89. The summed E-state index contributed by atoms with van der Waals surface area (Å²) in [5, 5.41) is 5.53. The Balaban J connectivity index is 0.00000169. The molecule has 1 amide bonds. The fourth-order valence-electron chi connectivity index (χ4n) is 2.88. The van der Waals surface area contributed by atoms with Gasteiger partial charge < -0.3 is 20.7 Å². The molecule has 6 nitrogen and oxygen atoms in total. The van der Waals surface area contributed by atoms with Crippen LogP contribution in [0.3, 0.4) is 0 Å². The number of halogens is 2. The van der Waals surface area contributed by atoms with Crippen molar-refractivity contribution in [2.24, 2.45) is 11.7 Å². The van der Waals surface area contributed by atoms with Crippen LogP contribution >= 0.6 is 36.2 Å². The summed E-state index contributed by atoms with van der Waals surface area (Å²) in [6.45, 7) is 2.95. The second-order valence-electron chi connectivity index (χ2n) is 5.84. The van der Waals surface area contributed by atoms with E-state index in [1.54, 1.807) is 12.5 Å². The number of aromatic nitrogens is 1. The summed E-state index contributed by atoms with van der Waals surface area (Å²) in [4.78, 5) is 18.7. The highest BCUT2D eigenvalue weighted by Gasteiger charge is 2.23. The molecule has 3 rings (SSSR count). The molecule has 2 heterocycles. The molecule has 1 unspecified atom stereocenters. The van der Waals surface area contributed by atoms with Gasteiger partial charge in [-0.25, -0.2) is 4.98 Å². The number of nitrogens with one attached hydrogen (secondary N) is 1. The van der Waals surface area contributed by atoms with E-state index >= 15 is 0 Å². The number of carbonyl (C=O) groups excluding carboxylic acids is 1. The Bertz CT molecular complexity index is 714. The number of hydrogen-bond acceptors (Lipinski definition) is 6. The first-order chi connectivity index (χ1) is 11.7. The molecular formula is C17H24Cl2N4O2S. The third-order valence-corrected chi connectivity index (χ3v) is 5.09. The van der Waals surface area contributed by atoms with Crippen molar-refractivity contribution in [3.05, 3.63) is 40.3 Å². The molecule has 0 radical (unpaired) electrons. The van der Waals surface area contributed by atoms with Gasteiger partial charge in [-0.05, 0) is 24.5 Å². The van der Waals surface area contributed by atoms with Crippen LogP contribution in [0, 0.1) is 5.92 Å². The minimum absolute atomic E-state index is 0. The fourth-order valence-corrected chi connectivity index (χ4v) is 3.53. The van der Waals surface area contributed by atoms with Gasteiger partial charge in [-0.15, -0.1) is 36.2 Å². The zero-order valence-corrected chi connectivity index (χ0v) is 17.0. The van der Waals surface area contributed by atoms with Crippen LogP contribution in [-0.4, -0.2) is 37.6 Å². The lowest BCUT2D eigenvalue weighted by Crippen LogP contribution is -2.31. The maximum absolute atomic E-state index is 12.1. The normalized spacial score (nSPS) is 15.8. The largest absolute Gasteiger partial charge is 0.497 e. The van der Waals surface area contributed by atoms with Crippen molar-refractivity contribution in [2.45, 2.75) is 13.0 Å². The van der Waals surface area contributed by atoms with Gasteiger partial charge in [-0.2, -0.15) is 0 Å². The molecule has 9 heteroatoms. The van der Waals surface area contributed by atoms with Crippen LogP contribution in [0.2, 0.25) is 0 Å². The van der Waals surface area contributed by atoms with Crippen LogP contribution in [-0.2, 0) is 6.54 Å². The van der Waals surface area contributed by atoms with Crippen molar-refractivity contribution in [1.29, 1.82) is 0 Å². The number of carbonyl (C=O) groups is 1. The molecule has 1 saturated heterocycles. The standard InChI is InChI=1S/C17H22N4O2S.2ClH/c1-23-14-4-2-3-13(7-14)21-6-5-12(10-21)9-19-17(22)15-11-24-16(8-18)20-15;;/h2-4,7,11-12H,5-6,8-10,18H2,1H3,(H,19,22);2*1H. The van der Waals surface area contributed by atoms with Gasteiger partial charge in [0.05, 0.1) is 7.11 Å². The number of hydrogen-bond donors (Lipinski definition) is 2. The second kappa shape index (κ2) is 10.6. The third kappa shape index (κ3) is 5.48. The predicted octanol–water partition coefficient (Wildman–Crippen LogP) is 2.71. The Morgan fingerprint density at radius 3 is 2.96 bits per heavy atom. The summed E-state index contributed by atoms with van der Waals surface area (Å²) in [7, 11) is 1.68. The Labute approximate surface area is 169 Å². The molecule has 144 valence electrons. The average molecular weight is 419 g/mol. The van der Waals surface area contributed by atoms with Crippen LogP contribution in [0.1, 0.15) is 21.9 Å². The van der Waals surface area contributed by atoms with Gasteiger partial charge in [-0.3, -0.25) is 4.79 Å². The third-order valence-electron chi connectivity index (χ3n) is 4.21. The SMILES string of the molecule is COc1cccc(N2CCC(CNC(=O)c3csc(CN)n3)C2)c1.Cl.Cl. The maximum Gasteiger partial charge on any atom is 0.270 e. The average Bonchev–Trinajstić information content (AvgIpc) is 3.29. The second-order valence-corrected chi connectivity index (χ2v) is 6.79. The molecule has 0 aliphatic carbocycles. The number of amides is 1. The van der Waals surface area contributed by atoms with Crippen molar-refractivity contribution < 1.29 is 9.53 Å². The van der Waals surface area contributed by atoms with E-state index in [1.165, 1.54) is 11.3 Å². The molecular weight excluding hydrogens is 395 g/mol. The highest BCUT2D eigenvalue weighted by Crippen LogP contribution is 2.26. The summed E-state index contributed by atoms with van der Waals surface area (Å²) in [5.41, 5.74) is 7.15. The first kappa shape index (κ1) is 22.5.